The third-order valence-corrected chi connectivity index (χ3v) is 7.53. The Balaban J connectivity index is 1.76. The summed E-state index contributed by atoms with van der Waals surface area (Å²) in [5, 5.41) is 21.1. The maximum atomic E-state index is 6.13. The van der Waals surface area contributed by atoms with Crippen molar-refractivity contribution < 1.29 is 0 Å². The van der Waals surface area contributed by atoms with Gasteiger partial charge in [-0.3, -0.25) is 9.13 Å². The highest BCUT2D eigenvalue weighted by atomic mass is 35.5. The lowest BCUT2D eigenvalue weighted by molar-refractivity contribution is 0.791. The molecule has 4 rings (SSSR count). The van der Waals surface area contributed by atoms with Crippen molar-refractivity contribution in [2.45, 2.75) is 43.4 Å². The molecule has 0 atom stereocenters. The number of halogens is 2. The van der Waals surface area contributed by atoms with Gasteiger partial charge in [-0.2, -0.15) is 0 Å². The average Bonchev–Trinajstić information content (AvgIpc) is 3.41. The van der Waals surface area contributed by atoms with Crippen LogP contribution >= 0.6 is 46.7 Å². The molecule has 33 heavy (non-hydrogen) atoms. The fourth-order valence-corrected chi connectivity index (χ4v) is 5.15. The van der Waals surface area contributed by atoms with E-state index >= 15 is 0 Å². The minimum absolute atomic E-state index is 0.477. The minimum Gasteiger partial charge on any atom is -0.274 e. The van der Waals surface area contributed by atoms with Gasteiger partial charge in [0.05, 0.1) is 6.42 Å². The Kier molecular flexibility index (Phi) is 8.35. The first-order valence-electron chi connectivity index (χ1n) is 10.8. The number of thioether (sulfide) groups is 2. The Hall–Kier alpha value is -2.00. The highest BCUT2D eigenvalue weighted by Crippen LogP contribution is 2.28. The maximum Gasteiger partial charge on any atom is 0.195 e. The van der Waals surface area contributed by atoms with E-state index in [4.69, 9.17) is 23.2 Å². The third kappa shape index (κ3) is 5.74. The van der Waals surface area contributed by atoms with Crippen LogP contribution in [0.1, 0.15) is 38.3 Å². The van der Waals surface area contributed by atoms with Crippen molar-refractivity contribution in [2.75, 3.05) is 11.5 Å². The van der Waals surface area contributed by atoms with Gasteiger partial charge in [0.25, 0.3) is 0 Å². The van der Waals surface area contributed by atoms with E-state index in [9.17, 15) is 0 Å². The lowest BCUT2D eigenvalue weighted by Gasteiger charge is -2.12. The molecule has 0 amide bonds. The molecule has 0 aliphatic heterocycles. The Morgan fingerprint density at radius 3 is 1.39 bits per heavy atom. The first-order chi connectivity index (χ1) is 16.1. The number of nitrogens with zero attached hydrogens (tertiary/aromatic N) is 6. The third-order valence-electron chi connectivity index (χ3n) is 4.76. The van der Waals surface area contributed by atoms with Crippen molar-refractivity contribution in [3.8, 4) is 11.4 Å². The van der Waals surface area contributed by atoms with E-state index in [-0.39, 0.29) is 0 Å². The average molecular weight is 520 g/mol. The van der Waals surface area contributed by atoms with Gasteiger partial charge in [0, 0.05) is 32.9 Å². The standard InChI is InChI=1S/C23H24Cl2N6S2/c1-3-13-32-22-28-26-20(30(22)18-9-5-16(24)6-10-18)15-21-27-29-23(33-14-4-2)31(21)19-11-7-17(25)8-12-19/h5-12H,3-4,13-15H2,1-2H3. The summed E-state index contributed by atoms with van der Waals surface area (Å²) < 4.78 is 4.16. The molecular weight excluding hydrogens is 495 g/mol. The lowest BCUT2D eigenvalue weighted by Crippen LogP contribution is -2.09. The number of aromatic nitrogens is 6. The Labute approximate surface area is 212 Å². The lowest BCUT2D eigenvalue weighted by atomic mass is 10.3. The first-order valence-corrected chi connectivity index (χ1v) is 13.5. The summed E-state index contributed by atoms with van der Waals surface area (Å²) in [6.45, 7) is 4.31. The summed E-state index contributed by atoms with van der Waals surface area (Å²) in [6.07, 6.45) is 2.58. The van der Waals surface area contributed by atoms with Crippen LogP contribution in [0.5, 0.6) is 0 Å². The zero-order valence-corrected chi connectivity index (χ0v) is 21.6. The van der Waals surface area contributed by atoms with Crippen LogP contribution in [0.3, 0.4) is 0 Å². The highest BCUT2D eigenvalue weighted by Gasteiger charge is 2.20. The van der Waals surface area contributed by atoms with Crippen molar-refractivity contribution in [3.05, 3.63) is 70.2 Å². The van der Waals surface area contributed by atoms with Crippen LogP contribution in [-0.4, -0.2) is 41.0 Å². The Morgan fingerprint density at radius 2 is 1.03 bits per heavy atom. The van der Waals surface area contributed by atoms with Gasteiger partial charge in [-0.1, -0.05) is 60.6 Å². The van der Waals surface area contributed by atoms with E-state index in [1.54, 1.807) is 23.5 Å². The minimum atomic E-state index is 0.477. The second-order valence-electron chi connectivity index (χ2n) is 7.29. The van der Waals surface area contributed by atoms with E-state index < -0.39 is 0 Å². The molecule has 2 aromatic carbocycles. The summed E-state index contributed by atoms with van der Waals surface area (Å²) >= 11 is 15.6. The van der Waals surface area contributed by atoms with Crippen molar-refractivity contribution in [2.24, 2.45) is 0 Å². The van der Waals surface area contributed by atoms with Gasteiger partial charge >= 0.3 is 0 Å². The molecule has 0 fully saturated rings. The van der Waals surface area contributed by atoms with Crippen LogP contribution in [0.25, 0.3) is 11.4 Å². The van der Waals surface area contributed by atoms with E-state index in [0.717, 1.165) is 57.7 Å². The predicted molar refractivity (Wildman–Crippen MR) is 138 cm³/mol. The second kappa shape index (κ2) is 11.4. The van der Waals surface area contributed by atoms with Crippen molar-refractivity contribution in [3.63, 3.8) is 0 Å². The van der Waals surface area contributed by atoms with Gasteiger partial charge in [-0.25, -0.2) is 0 Å². The first kappa shape index (κ1) is 24.1. The molecule has 0 radical (unpaired) electrons. The molecule has 0 saturated heterocycles. The number of hydrogen-bond acceptors (Lipinski definition) is 6. The van der Waals surface area contributed by atoms with E-state index in [2.05, 4.69) is 43.4 Å². The molecule has 10 heteroatoms. The number of benzene rings is 2. The molecule has 0 spiro atoms. The molecule has 6 nitrogen and oxygen atoms in total. The van der Waals surface area contributed by atoms with Crippen LogP contribution in [0.15, 0.2) is 58.8 Å². The summed E-state index contributed by atoms with van der Waals surface area (Å²) in [5.41, 5.74) is 1.94. The molecule has 2 heterocycles. The van der Waals surface area contributed by atoms with Gasteiger partial charge in [-0.15, -0.1) is 20.4 Å². The molecule has 2 aromatic heterocycles. The highest BCUT2D eigenvalue weighted by molar-refractivity contribution is 7.99. The molecule has 0 N–H and O–H groups in total. The smallest absolute Gasteiger partial charge is 0.195 e. The van der Waals surface area contributed by atoms with Gasteiger partial charge in [0.2, 0.25) is 0 Å². The summed E-state index contributed by atoms with van der Waals surface area (Å²) in [7, 11) is 0. The molecule has 0 saturated carbocycles. The molecule has 0 aliphatic carbocycles. The van der Waals surface area contributed by atoms with Crippen LogP contribution in [0.4, 0.5) is 0 Å². The monoisotopic (exact) mass is 518 g/mol. The SMILES string of the molecule is CCCSc1nnc(Cc2nnc(SCCC)n2-c2ccc(Cl)cc2)n1-c1ccc(Cl)cc1. The Morgan fingerprint density at radius 1 is 0.636 bits per heavy atom. The Bertz CT molecular complexity index is 1100. The van der Waals surface area contributed by atoms with Crippen LogP contribution in [0.2, 0.25) is 10.0 Å². The maximum absolute atomic E-state index is 6.13. The molecule has 4 aromatic rings. The van der Waals surface area contributed by atoms with Gasteiger partial charge < -0.3 is 0 Å². The number of hydrogen-bond donors (Lipinski definition) is 0. The fourth-order valence-electron chi connectivity index (χ4n) is 3.24. The molecular formula is C23H24Cl2N6S2. The zero-order chi connectivity index (χ0) is 23.2. The van der Waals surface area contributed by atoms with E-state index in [1.807, 2.05) is 48.5 Å². The van der Waals surface area contributed by atoms with Crippen molar-refractivity contribution in [1.82, 2.24) is 29.5 Å². The molecule has 0 aliphatic rings. The summed E-state index contributed by atoms with van der Waals surface area (Å²) in [4.78, 5) is 0. The topological polar surface area (TPSA) is 61.4 Å². The van der Waals surface area contributed by atoms with Crippen molar-refractivity contribution in [1.29, 1.82) is 0 Å². The van der Waals surface area contributed by atoms with Gasteiger partial charge in [0.15, 0.2) is 10.3 Å². The fraction of sp³-hybridized carbons (Fsp3) is 0.304. The number of rotatable bonds is 10. The molecule has 0 unspecified atom stereocenters. The normalized spacial score (nSPS) is 11.3. The second-order valence-corrected chi connectivity index (χ2v) is 10.3. The molecule has 0 bridgehead atoms. The summed E-state index contributed by atoms with van der Waals surface area (Å²) in [6, 6.07) is 15.5. The van der Waals surface area contributed by atoms with Gasteiger partial charge in [-0.05, 0) is 61.4 Å². The quantitative estimate of drug-likeness (QED) is 0.216. The predicted octanol–water partition coefficient (Wildman–Crippen LogP) is 6.75. The van der Waals surface area contributed by atoms with E-state index in [0.29, 0.717) is 16.5 Å². The van der Waals surface area contributed by atoms with Crippen LogP contribution in [-0.2, 0) is 6.42 Å². The van der Waals surface area contributed by atoms with Crippen LogP contribution in [0, 0.1) is 0 Å². The largest absolute Gasteiger partial charge is 0.274 e. The zero-order valence-electron chi connectivity index (χ0n) is 18.4. The summed E-state index contributed by atoms with van der Waals surface area (Å²) in [5.74, 6) is 3.52. The molecule has 172 valence electrons. The van der Waals surface area contributed by atoms with Crippen molar-refractivity contribution >= 4 is 46.7 Å². The van der Waals surface area contributed by atoms with Gasteiger partial charge in [0.1, 0.15) is 11.6 Å². The van der Waals surface area contributed by atoms with E-state index in [1.165, 1.54) is 0 Å². The van der Waals surface area contributed by atoms with Crippen LogP contribution < -0.4 is 0 Å².